The molecule has 0 aliphatic carbocycles. The summed E-state index contributed by atoms with van der Waals surface area (Å²) in [6.45, 7) is 4.89. The van der Waals surface area contributed by atoms with Gasteiger partial charge in [-0.25, -0.2) is 27.9 Å². The van der Waals surface area contributed by atoms with Gasteiger partial charge in [0, 0.05) is 23.5 Å². The number of carbonyl (C=O) groups is 1. The maximum atomic E-state index is 15.6. The number of imidazole rings is 1. The number of aromatic nitrogens is 3. The van der Waals surface area contributed by atoms with Crippen molar-refractivity contribution >= 4 is 17.0 Å². The summed E-state index contributed by atoms with van der Waals surface area (Å²) in [7, 11) is 0. The molecule has 1 saturated heterocycles. The van der Waals surface area contributed by atoms with E-state index in [4.69, 9.17) is 19.7 Å². The highest BCUT2D eigenvalue weighted by Crippen LogP contribution is 2.40. The van der Waals surface area contributed by atoms with Gasteiger partial charge in [0.15, 0.2) is 11.6 Å². The van der Waals surface area contributed by atoms with E-state index in [-0.39, 0.29) is 46.9 Å². The van der Waals surface area contributed by atoms with Gasteiger partial charge in [0.2, 0.25) is 0 Å². The topological polar surface area (TPSA) is 110 Å². The molecular formula is C34H27F3N4O4. The predicted octanol–water partition coefficient (Wildman–Crippen LogP) is 6.85. The normalized spacial score (nSPS) is 15.7. The lowest BCUT2D eigenvalue weighted by Crippen LogP contribution is -2.27. The number of rotatable bonds is 8. The van der Waals surface area contributed by atoms with Gasteiger partial charge in [-0.05, 0) is 47.5 Å². The van der Waals surface area contributed by atoms with Crippen molar-refractivity contribution in [2.45, 2.75) is 32.9 Å². The number of benzene rings is 3. The van der Waals surface area contributed by atoms with Crippen molar-refractivity contribution in [1.82, 2.24) is 14.5 Å². The fraction of sp³-hybridized carbons (Fsp3) is 0.235. The van der Waals surface area contributed by atoms with Gasteiger partial charge in [-0.3, -0.25) is 0 Å². The lowest BCUT2D eigenvalue weighted by atomic mass is 9.87. The SMILES string of the molecule is CC1(C)COCC1n1c(Cc2ccc(-c3nc(OCc4ccc(C#N)cc4)c(F)cc3F)cc2F)nc2ccc(C(=O)O)cc21. The first kappa shape index (κ1) is 29.8. The van der Waals surface area contributed by atoms with Crippen LogP contribution in [0.2, 0.25) is 0 Å². The molecule has 45 heavy (non-hydrogen) atoms. The predicted molar refractivity (Wildman–Crippen MR) is 158 cm³/mol. The third-order valence-electron chi connectivity index (χ3n) is 8.00. The van der Waals surface area contributed by atoms with Gasteiger partial charge in [-0.15, -0.1) is 0 Å². The average Bonchev–Trinajstić information content (AvgIpc) is 3.55. The number of hydrogen-bond acceptors (Lipinski definition) is 6. The maximum Gasteiger partial charge on any atom is 0.335 e. The molecule has 1 fully saturated rings. The third-order valence-corrected chi connectivity index (χ3v) is 8.00. The van der Waals surface area contributed by atoms with E-state index in [2.05, 4.69) is 4.98 Å². The molecule has 0 bridgehead atoms. The molecule has 1 N–H and O–H groups in total. The second kappa shape index (κ2) is 11.7. The van der Waals surface area contributed by atoms with Crippen molar-refractivity contribution in [3.05, 3.63) is 112 Å². The Morgan fingerprint density at radius 2 is 1.82 bits per heavy atom. The Balaban J connectivity index is 1.31. The van der Waals surface area contributed by atoms with E-state index in [1.165, 1.54) is 18.2 Å². The van der Waals surface area contributed by atoms with Crippen LogP contribution in [-0.4, -0.2) is 38.8 Å². The minimum atomic E-state index is -1.07. The number of nitriles is 1. The number of carboxylic acids is 1. The van der Waals surface area contributed by atoms with Crippen molar-refractivity contribution in [2.75, 3.05) is 13.2 Å². The molecule has 0 radical (unpaired) electrons. The molecule has 6 rings (SSSR count). The summed E-state index contributed by atoms with van der Waals surface area (Å²) in [5.74, 6) is -3.64. The maximum absolute atomic E-state index is 15.6. The van der Waals surface area contributed by atoms with Crippen LogP contribution in [0, 0.1) is 34.2 Å². The third kappa shape index (κ3) is 5.84. The Hall–Kier alpha value is -5.21. The van der Waals surface area contributed by atoms with Crippen LogP contribution < -0.4 is 4.74 Å². The monoisotopic (exact) mass is 612 g/mol. The molecule has 3 aromatic carbocycles. The number of nitrogens with zero attached hydrogens (tertiary/aromatic N) is 4. The van der Waals surface area contributed by atoms with Gasteiger partial charge in [-0.2, -0.15) is 5.26 Å². The van der Waals surface area contributed by atoms with Gasteiger partial charge < -0.3 is 19.1 Å². The zero-order valence-electron chi connectivity index (χ0n) is 24.4. The summed E-state index contributed by atoms with van der Waals surface area (Å²) in [6.07, 6.45) is 0.0636. The van der Waals surface area contributed by atoms with Gasteiger partial charge in [0.1, 0.15) is 23.9 Å². The second-order valence-corrected chi connectivity index (χ2v) is 11.6. The summed E-state index contributed by atoms with van der Waals surface area (Å²) < 4.78 is 58.2. The summed E-state index contributed by atoms with van der Waals surface area (Å²) in [4.78, 5) is 20.5. The van der Waals surface area contributed by atoms with E-state index >= 15 is 4.39 Å². The summed E-state index contributed by atoms with van der Waals surface area (Å²) in [5.41, 5.74) is 2.17. The highest BCUT2D eigenvalue weighted by molar-refractivity contribution is 5.92. The van der Waals surface area contributed by atoms with E-state index in [0.29, 0.717) is 47.3 Å². The van der Waals surface area contributed by atoms with Crippen molar-refractivity contribution in [1.29, 1.82) is 5.26 Å². The standard InChI is InChI=1S/C34H27F3N4O4/c1-34(2)18-44-17-29(34)41-28-12-23(33(42)43)9-10-27(28)39-30(41)13-21-7-8-22(11-24(21)35)31-25(36)14-26(37)32(40-31)45-16-20-5-3-19(15-38)4-6-20/h3-12,14,29H,13,16-18H2,1-2H3,(H,42,43). The van der Waals surface area contributed by atoms with Gasteiger partial charge in [0.05, 0.1) is 47.5 Å². The molecular weight excluding hydrogens is 585 g/mol. The van der Waals surface area contributed by atoms with Crippen LogP contribution in [0.3, 0.4) is 0 Å². The van der Waals surface area contributed by atoms with Crippen LogP contribution in [0.4, 0.5) is 13.2 Å². The van der Waals surface area contributed by atoms with Gasteiger partial charge in [-0.1, -0.05) is 38.1 Å². The first-order chi connectivity index (χ1) is 21.5. The fourth-order valence-electron chi connectivity index (χ4n) is 5.52. The van der Waals surface area contributed by atoms with Crippen molar-refractivity contribution in [2.24, 2.45) is 5.41 Å². The smallest absolute Gasteiger partial charge is 0.335 e. The number of pyridine rings is 1. The van der Waals surface area contributed by atoms with E-state index in [1.807, 2.05) is 24.5 Å². The van der Waals surface area contributed by atoms with Gasteiger partial charge >= 0.3 is 5.97 Å². The van der Waals surface area contributed by atoms with Crippen LogP contribution in [0.5, 0.6) is 5.88 Å². The zero-order chi connectivity index (χ0) is 31.9. The number of fused-ring (bicyclic) bond motifs is 1. The quantitative estimate of drug-likeness (QED) is 0.204. The molecule has 5 aromatic rings. The molecule has 0 spiro atoms. The van der Waals surface area contributed by atoms with Crippen molar-refractivity contribution in [3.8, 4) is 23.2 Å². The highest BCUT2D eigenvalue weighted by Gasteiger charge is 2.39. The summed E-state index contributed by atoms with van der Waals surface area (Å²) >= 11 is 0. The minimum absolute atomic E-state index is 0.0636. The van der Waals surface area contributed by atoms with Crippen LogP contribution >= 0.6 is 0 Å². The van der Waals surface area contributed by atoms with Crippen LogP contribution in [0.25, 0.3) is 22.3 Å². The average molecular weight is 613 g/mol. The molecule has 1 aliphatic rings. The van der Waals surface area contributed by atoms with E-state index in [9.17, 15) is 18.7 Å². The molecule has 1 atom stereocenters. The van der Waals surface area contributed by atoms with Crippen LogP contribution in [0.1, 0.15) is 52.8 Å². The molecule has 8 nitrogen and oxygen atoms in total. The number of halogens is 3. The molecule has 0 amide bonds. The second-order valence-electron chi connectivity index (χ2n) is 11.6. The first-order valence-corrected chi connectivity index (χ1v) is 14.1. The molecule has 1 aliphatic heterocycles. The highest BCUT2D eigenvalue weighted by atomic mass is 19.1. The van der Waals surface area contributed by atoms with Crippen molar-refractivity contribution < 1.29 is 32.5 Å². The molecule has 11 heteroatoms. The largest absolute Gasteiger partial charge is 0.478 e. The molecule has 3 heterocycles. The Kier molecular flexibility index (Phi) is 7.76. The zero-order valence-corrected chi connectivity index (χ0v) is 24.4. The first-order valence-electron chi connectivity index (χ1n) is 14.1. The Morgan fingerprint density at radius 1 is 1.04 bits per heavy atom. The number of hydrogen-bond donors (Lipinski definition) is 1. The lowest BCUT2D eigenvalue weighted by Gasteiger charge is -2.28. The molecule has 2 aromatic heterocycles. The number of ether oxygens (including phenoxy) is 2. The van der Waals surface area contributed by atoms with Crippen molar-refractivity contribution in [3.63, 3.8) is 0 Å². The van der Waals surface area contributed by atoms with Crippen LogP contribution in [-0.2, 0) is 17.8 Å². The number of carboxylic acid groups (broad SMARTS) is 1. The Morgan fingerprint density at radius 3 is 2.49 bits per heavy atom. The Labute approximate surface area is 256 Å². The molecule has 1 unspecified atom stereocenters. The van der Waals surface area contributed by atoms with E-state index in [1.54, 1.807) is 36.4 Å². The van der Waals surface area contributed by atoms with Crippen LogP contribution in [0.15, 0.2) is 66.7 Å². The van der Waals surface area contributed by atoms with E-state index in [0.717, 1.165) is 6.07 Å². The summed E-state index contributed by atoms with van der Waals surface area (Å²) in [6, 6.07) is 17.7. The number of aromatic carboxylic acids is 1. The Bertz CT molecular complexity index is 1980. The van der Waals surface area contributed by atoms with E-state index < -0.39 is 29.3 Å². The minimum Gasteiger partial charge on any atom is -0.478 e. The van der Waals surface area contributed by atoms with Gasteiger partial charge in [0.25, 0.3) is 5.88 Å². The molecule has 0 saturated carbocycles. The lowest BCUT2D eigenvalue weighted by molar-refractivity contribution is 0.0697. The summed E-state index contributed by atoms with van der Waals surface area (Å²) in [5, 5.41) is 18.5. The fourth-order valence-corrected chi connectivity index (χ4v) is 5.52. The molecule has 228 valence electrons.